The number of para-hydroxylation sites is 1. The van der Waals surface area contributed by atoms with Crippen LogP contribution in [-0.4, -0.2) is 12.3 Å². The Kier molecular flexibility index (Phi) is 9.70. The van der Waals surface area contributed by atoms with Gasteiger partial charge in [0.2, 0.25) is 0 Å². The molecule has 3 nitrogen and oxygen atoms in total. The third-order valence-electron chi connectivity index (χ3n) is 23.1. The van der Waals surface area contributed by atoms with Crippen LogP contribution in [0.4, 0.5) is 45.5 Å². The van der Waals surface area contributed by atoms with Crippen LogP contribution in [0.1, 0.15) is 185 Å². The van der Waals surface area contributed by atoms with Crippen LogP contribution in [-0.2, 0) is 38.9 Å². The molecule has 0 spiro atoms. The second-order valence-electron chi connectivity index (χ2n) is 29.7. The van der Waals surface area contributed by atoms with Gasteiger partial charge in [-0.1, -0.05) is 186 Å². The van der Waals surface area contributed by atoms with Gasteiger partial charge in [0.05, 0.1) is 11.2 Å². The smallest absolute Gasteiger partial charge is 0.252 e. The van der Waals surface area contributed by atoms with Crippen LogP contribution in [0.2, 0.25) is 0 Å². The third-order valence-corrected chi connectivity index (χ3v) is 23.1. The molecule has 400 valence electrons. The molecule has 0 N–H and O–H groups in total. The summed E-state index contributed by atoms with van der Waals surface area (Å²) in [6.07, 6.45) is 10.5. The molecule has 0 saturated heterocycles. The number of hydrogen-bond acceptors (Lipinski definition) is 3. The summed E-state index contributed by atoms with van der Waals surface area (Å²) >= 11 is 0. The Morgan fingerprint density at radius 1 is 0.362 bits per heavy atom. The summed E-state index contributed by atoms with van der Waals surface area (Å²) < 4.78 is 0. The van der Waals surface area contributed by atoms with Crippen molar-refractivity contribution in [3.05, 3.63) is 196 Å². The summed E-state index contributed by atoms with van der Waals surface area (Å²) in [5.74, 6) is 0. The molecule has 3 aliphatic heterocycles. The molecule has 1 fully saturated rings. The number of anilines is 8. The zero-order valence-electron chi connectivity index (χ0n) is 49.6. The Balaban J connectivity index is 1.08. The van der Waals surface area contributed by atoms with E-state index in [1.54, 1.807) is 0 Å². The van der Waals surface area contributed by atoms with Gasteiger partial charge >= 0.3 is 0 Å². The zero-order valence-corrected chi connectivity index (χ0v) is 49.6. The minimum Gasteiger partial charge on any atom is -0.334 e. The van der Waals surface area contributed by atoms with E-state index in [1.165, 1.54) is 173 Å². The maximum Gasteiger partial charge on any atom is 0.252 e. The minimum absolute atomic E-state index is 0.00483. The van der Waals surface area contributed by atoms with Crippen molar-refractivity contribution >= 4 is 68.6 Å². The summed E-state index contributed by atoms with van der Waals surface area (Å²) in [5, 5.41) is 0. The second-order valence-corrected chi connectivity index (χ2v) is 29.7. The lowest BCUT2D eigenvalue weighted by Gasteiger charge is -2.51. The van der Waals surface area contributed by atoms with Gasteiger partial charge in [-0.25, -0.2) is 0 Å². The standard InChI is InChI=1S/C76H78BN3/c1-70(2)34-35-71(3,4)57-39-48(30-31-54(57)70)78-65-45-59-58(72(5,6)36-37-73(59,7)8)44-61(65)77-60-43-56-52(51-25-15-16-26-53(51)74(56,9)10)42-64(60)79(63-29-21-23-47-38-46-22-13-14-24-50(46)68(47)63)67-41-49(40-66(78)69(67)77)80-62-28-18-17-27-55(62)75(11)32-19-20-33-76(75,80)12/h13-18,21-31,39-45H,19-20,32-38H2,1-12H3. The highest BCUT2D eigenvalue weighted by atomic mass is 15.3. The van der Waals surface area contributed by atoms with E-state index in [-0.39, 0.29) is 44.7 Å². The minimum atomic E-state index is -0.175. The van der Waals surface area contributed by atoms with Gasteiger partial charge in [-0.05, 0) is 205 Å². The fourth-order valence-corrected chi connectivity index (χ4v) is 18.1. The fraction of sp³-hybridized carbons (Fsp3) is 0.368. The van der Waals surface area contributed by atoms with Crippen LogP contribution in [0.25, 0.3) is 22.3 Å². The molecule has 16 rings (SSSR count). The Bertz CT molecular complexity index is 4050. The fourth-order valence-electron chi connectivity index (χ4n) is 18.1. The predicted molar refractivity (Wildman–Crippen MR) is 340 cm³/mol. The van der Waals surface area contributed by atoms with Gasteiger partial charge in [-0.15, -0.1) is 0 Å². The summed E-state index contributed by atoms with van der Waals surface area (Å²) in [6.45, 7) is 30.2. The van der Waals surface area contributed by atoms with Crippen molar-refractivity contribution in [2.24, 2.45) is 0 Å². The molecule has 8 aliphatic rings. The summed E-state index contributed by atoms with van der Waals surface area (Å²) in [6, 6.07) is 59.2. The van der Waals surface area contributed by atoms with E-state index < -0.39 is 0 Å². The number of fused-ring (bicyclic) bond motifs is 15. The maximum absolute atomic E-state index is 2.86. The molecule has 0 radical (unpaired) electrons. The van der Waals surface area contributed by atoms with Gasteiger partial charge in [0.1, 0.15) is 0 Å². The summed E-state index contributed by atoms with van der Waals surface area (Å²) in [7, 11) is 0. The molecule has 3 heterocycles. The highest BCUT2D eigenvalue weighted by Crippen LogP contribution is 2.63. The summed E-state index contributed by atoms with van der Waals surface area (Å²) in [5.41, 5.74) is 33.3. The lowest BCUT2D eigenvalue weighted by Crippen LogP contribution is -2.62. The Morgan fingerprint density at radius 3 is 1.66 bits per heavy atom. The zero-order chi connectivity index (χ0) is 55.0. The second kappa shape index (κ2) is 15.8. The molecule has 5 aliphatic carbocycles. The van der Waals surface area contributed by atoms with Crippen molar-refractivity contribution in [2.45, 2.75) is 179 Å². The molecule has 4 heteroatoms. The lowest BCUT2D eigenvalue weighted by atomic mass is 9.33. The van der Waals surface area contributed by atoms with E-state index in [4.69, 9.17) is 0 Å². The Hall–Kier alpha value is -6.78. The van der Waals surface area contributed by atoms with E-state index in [1.807, 2.05) is 0 Å². The van der Waals surface area contributed by atoms with Crippen LogP contribution in [0.15, 0.2) is 146 Å². The highest BCUT2D eigenvalue weighted by molar-refractivity contribution is 7.00. The van der Waals surface area contributed by atoms with Crippen LogP contribution in [0, 0.1) is 0 Å². The predicted octanol–water partition coefficient (Wildman–Crippen LogP) is 18.1. The van der Waals surface area contributed by atoms with E-state index in [9.17, 15) is 0 Å². The van der Waals surface area contributed by atoms with Crippen molar-refractivity contribution < 1.29 is 0 Å². The lowest BCUT2D eigenvalue weighted by molar-refractivity contribution is 0.195. The molecule has 0 bridgehead atoms. The van der Waals surface area contributed by atoms with Gasteiger partial charge < -0.3 is 14.7 Å². The average molecular weight is 1040 g/mol. The van der Waals surface area contributed by atoms with Crippen molar-refractivity contribution in [2.75, 3.05) is 14.7 Å². The molecule has 1 saturated carbocycles. The van der Waals surface area contributed by atoms with Crippen molar-refractivity contribution in [1.82, 2.24) is 0 Å². The van der Waals surface area contributed by atoms with E-state index in [0.717, 1.165) is 19.3 Å². The van der Waals surface area contributed by atoms with E-state index >= 15 is 0 Å². The molecule has 0 amide bonds. The monoisotopic (exact) mass is 1040 g/mol. The molecule has 8 aromatic rings. The maximum atomic E-state index is 2.86. The number of benzene rings is 8. The normalized spacial score (nSPS) is 23.6. The average Bonchev–Trinajstić information content (AvgIpc) is 4.17. The van der Waals surface area contributed by atoms with Crippen molar-refractivity contribution in [1.29, 1.82) is 0 Å². The molecular formula is C76H78BN3. The SMILES string of the molecule is CC1(C)CCC(C)(C)c2cc(N3c4cc5c(cc4B4c6cc7c(cc6N(c6cccc8c6-c6ccccc6C8)c6cc(N8c9ccccc9C9(C)CCCCC89C)cc3c64)-c3ccccc3C7(C)C)C(C)(C)CCC5(C)C)ccc21. The van der Waals surface area contributed by atoms with Gasteiger partial charge in [0.25, 0.3) is 6.71 Å². The number of rotatable bonds is 3. The largest absolute Gasteiger partial charge is 0.334 e. The van der Waals surface area contributed by atoms with E-state index in [0.29, 0.717) is 0 Å². The van der Waals surface area contributed by atoms with Crippen LogP contribution in [0.3, 0.4) is 0 Å². The van der Waals surface area contributed by atoms with Crippen LogP contribution in [0.5, 0.6) is 0 Å². The quantitative estimate of drug-likeness (QED) is 0.163. The summed E-state index contributed by atoms with van der Waals surface area (Å²) in [4.78, 5) is 8.45. The van der Waals surface area contributed by atoms with E-state index in [2.05, 4.69) is 243 Å². The highest BCUT2D eigenvalue weighted by Gasteiger charge is 2.58. The topological polar surface area (TPSA) is 9.72 Å². The molecule has 2 atom stereocenters. The molecule has 0 aromatic heterocycles. The first-order chi connectivity index (χ1) is 38.1. The molecule has 8 aromatic carbocycles. The third kappa shape index (κ3) is 6.24. The van der Waals surface area contributed by atoms with Crippen LogP contribution < -0.4 is 31.1 Å². The Labute approximate surface area is 477 Å². The van der Waals surface area contributed by atoms with Gasteiger partial charge in [-0.2, -0.15) is 0 Å². The van der Waals surface area contributed by atoms with Gasteiger partial charge in [0.15, 0.2) is 0 Å². The van der Waals surface area contributed by atoms with Crippen molar-refractivity contribution in [3.8, 4) is 22.3 Å². The molecule has 2 unspecified atom stereocenters. The number of nitrogens with zero attached hydrogens (tertiary/aromatic N) is 3. The molecular weight excluding hydrogens is 966 g/mol. The van der Waals surface area contributed by atoms with Gasteiger partial charge in [0, 0.05) is 56.2 Å². The first kappa shape index (κ1) is 49.1. The van der Waals surface area contributed by atoms with Gasteiger partial charge in [-0.3, -0.25) is 0 Å². The van der Waals surface area contributed by atoms with Crippen molar-refractivity contribution in [3.63, 3.8) is 0 Å². The van der Waals surface area contributed by atoms with Crippen LogP contribution >= 0.6 is 0 Å². The first-order valence-electron chi connectivity index (χ1n) is 30.6. The Morgan fingerprint density at radius 2 is 0.925 bits per heavy atom. The first-order valence-corrected chi connectivity index (χ1v) is 30.6. The number of hydrogen-bond donors (Lipinski definition) is 0. The molecule has 80 heavy (non-hydrogen) atoms.